The van der Waals surface area contributed by atoms with Crippen molar-refractivity contribution in [2.45, 2.75) is 19.3 Å². The molecule has 0 radical (unpaired) electrons. The van der Waals surface area contributed by atoms with E-state index in [0.29, 0.717) is 5.56 Å². The molecule has 152 valence electrons. The van der Waals surface area contributed by atoms with Gasteiger partial charge in [0.05, 0.1) is 23.4 Å². The number of carbonyl (C=O) groups is 1. The van der Waals surface area contributed by atoms with Crippen molar-refractivity contribution in [2.75, 3.05) is 20.0 Å². The third kappa shape index (κ3) is 3.29. The summed E-state index contributed by atoms with van der Waals surface area (Å²) in [5.41, 5.74) is 5.15. The first-order valence-corrected chi connectivity index (χ1v) is 10.0. The largest absolute Gasteiger partial charge is 0.460 e. The number of nitrogens with zero attached hydrogens (tertiary/aromatic N) is 1. The van der Waals surface area contributed by atoms with Crippen molar-refractivity contribution in [3.8, 4) is 11.5 Å². The Morgan fingerprint density at radius 3 is 2.90 bits per heavy atom. The second kappa shape index (κ2) is 7.80. The summed E-state index contributed by atoms with van der Waals surface area (Å²) in [5, 5.41) is 9.85. The highest BCUT2D eigenvalue weighted by Gasteiger charge is 2.26. The summed E-state index contributed by atoms with van der Waals surface area (Å²) in [4.78, 5) is 17.8. The molecule has 2 aromatic carbocycles. The highest BCUT2D eigenvalue weighted by molar-refractivity contribution is 6.06. The van der Waals surface area contributed by atoms with Crippen molar-refractivity contribution in [1.29, 1.82) is 0 Å². The van der Waals surface area contributed by atoms with Crippen LogP contribution in [0.2, 0.25) is 0 Å². The molecule has 0 fully saturated rings. The van der Waals surface area contributed by atoms with Crippen LogP contribution in [-0.2, 0) is 11.2 Å². The predicted octanol–water partition coefficient (Wildman–Crippen LogP) is 3.99. The topological polar surface area (TPSA) is 77.9 Å². The third-order valence-electron chi connectivity index (χ3n) is 5.44. The van der Waals surface area contributed by atoms with Crippen LogP contribution >= 0.6 is 0 Å². The van der Waals surface area contributed by atoms with Crippen LogP contribution in [0, 0.1) is 0 Å². The number of rotatable bonds is 4. The normalized spacial score (nSPS) is 16.0. The monoisotopic (exact) mass is 403 g/mol. The van der Waals surface area contributed by atoms with Crippen molar-refractivity contribution in [1.82, 2.24) is 4.98 Å². The van der Waals surface area contributed by atoms with Crippen molar-refractivity contribution in [3.63, 3.8) is 0 Å². The van der Waals surface area contributed by atoms with Crippen molar-refractivity contribution < 1.29 is 24.1 Å². The second-order valence-electron chi connectivity index (χ2n) is 7.33. The number of aliphatic hydroxyl groups excluding tert-OH is 1. The molecule has 0 atom stereocenters. The first-order chi connectivity index (χ1) is 14.7. The van der Waals surface area contributed by atoms with Crippen LogP contribution < -0.4 is 9.47 Å². The Kier molecular flexibility index (Phi) is 4.85. The number of allylic oxidation sites excluding steroid dienone is 1. The van der Waals surface area contributed by atoms with Gasteiger partial charge in [0.15, 0.2) is 11.5 Å². The van der Waals surface area contributed by atoms with E-state index in [2.05, 4.69) is 6.08 Å². The van der Waals surface area contributed by atoms with Crippen LogP contribution in [0.15, 0.2) is 42.5 Å². The van der Waals surface area contributed by atoms with Crippen LogP contribution in [0.1, 0.15) is 40.0 Å². The SMILES string of the molecule is O=C(OCCO)c1c2c(nc3ccccc13)C(=Cc1ccc3c(c1)OCO3)CCC2. The number of esters is 1. The first kappa shape index (κ1) is 18.6. The number of hydrogen-bond donors (Lipinski definition) is 1. The average Bonchev–Trinajstić information content (AvgIpc) is 3.24. The minimum Gasteiger partial charge on any atom is -0.460 e. The van der Waals surface area contributed by atoms with Gasteiger partial charge in [-0.2, -0.15) is 0 Å². The van der Waals surface area contributed by atoms with Gasteiger partial charge in [-0.25, -0.2) is 9.78 Å². The van der Waals surface area contributed by atoms with Gasteiger partial charge >= 0.3 is 5.97 Å². The minimum absolute atomic E-state index is 0.0237. The third-order valence-corrected chi connectivity index (χ3v) is 5.44. The summed E-state index contributed by atoms with van der Waals surface area (Å²) in [6.07, 6.45) is 4.65. The van der Waals surface area contributed by atoms with E-state index in [4.69, 9.17) is 24.3 Å². The maximum absolute atomic E-state index is 12.9. The number of para-hydroxylation sites is 1. The van der Waals surface area contributed by atoms with Crippen molar-refractivity contribution >= 4 is 28.5 Å². The van der Waals surface area contributed by atoms with Crippen LogP contribution in [0.5, 0.6) is 11.5 Å². The standard InChI is InChI=1S/C24H21NO5/c26-10-11-28-24(27)22-17-5-1-2-7-19(17)25-23-16(4-3-6-18(22)23)12-15-8-9-20-21(13-15)30-14-29-20/h1-2,5,7-9,12-13,26H,3-4,6,10-11,14H2. The molecule has 0 bridgehead atoms. The van der Waals surface area contributed by atoms with Crippen LogP contribution in [0.3, 0.4) is 0 Å². The number of aromatic nitrogens is 1. The van der Waals surface area contributed by atoms with Gasteiger partial charge in [0.2, 0.25) is 6.79 Å². The Labute approximate surface area is 173 Å². The lowest BCUT2D eigenvalue weighted by Gasteiger charge is -2.22. The van der Waals surface area contributed by atoms with E-state index in [-0.39, 0.29) is 20.0 Å². The fourth-order valence-electron chi connectivity index (χ4n) is 4.12. The Morgan fingerprint density at radius 2 is 2.00 bits per heavy atom. The van der Waals surface area contributed by atoms with E-state index in [0.717, 1.165) is 64.1 Å². The smallest absolute Gasteiger partial charge is 0.339 e. The zero-order valence-electron chi connectivity index (χ0n) is 16.4. The summed E-state index contributed by atoms with van der Waals surface area (Å²) in [5.74, 6) is 1.07. The first-order valence-electron chi connectivity index (χ1n) is 10.0. The number of hydrogen-bond acceptors (Lipinski definition) is 6. The molecule has 0 saturated carbocycles. The minimum atomic E-state index is -0.414. The molecule has 0 unspecified atom stereocenters. The molecule has 30 heavy (non-hydrogen) atoms. The molecule has 0 saturated heterocycles. The summed E-state index contributed by atoms with van der Waals surface area (Å²) >= 11 is 0. The Balaban J connectivity index is 1.64. The zero-order valence-corrected chi connectivity index (χ0v) is 16.4. The molecular formula is C24H21NO5. The van der Waals surface area contributed by atoms with Crippen LogP contribution in [0.25, 0.3) is 22.6 Å². The van der Waals surface area contributed by atoms with E-state index < -0.39 is 5.97 Å². The van der Waals surface area contributed by atoms with Crippen molar-refractivity contribution in [3.05, 3.63) is 64.8 Å². The Bertz CT molecular complexity index is 1170. The Hall–Kier alpha value is -3.38. The molecule has 2 aliphatic rings. The van der Waals surface area contributed by atoms with Crippen LogP contribution in [0.4, 0.5) is 0 Å². The van der Waals surface area contributed by atoms with Gasteiger partial charge in [-0.3, -0.25) is 0 Å². The lowest BCUT2D eigenvalue weighted by atomic mass is 9.86. The highest BCUT2D eigenvalue weighted by atomic mass is 16.7. The number of ether oxygens (including phenoxy) is 3. The molecule has 6 nitrogen and oxygen atoms in total. The molecule has 1 aliphatic carbocycles. The second-order valence-corrected chi connectivity index (χ2v) is 7.33. The lowest BCUT2D eigenvalue weighted by molar-refractivity contribution is 0.0434. The summed E-state index contributed by atoms with van der Waals surface area (Å²) in [7, 11) is 0. The van der Waals surface area contributed by atoms with Gasteiger partial charge < -0.3 is 19.3 Å². The molecule has 0 amide bonds. The van der Waals surface area contributed by atoms with Gasteiger partial charge in [0, 0.05) is 5.39 Å². The maximum atomic E-state index is 12.9. The quantitative estimate of drug-likeness (QED) is 0.664. The van der Waals surface area contributed by atoms with Gasteiger partial charge in [0.25, 0.3) is 0 Å². The fourth-order valence-corrected chi connectivity index (χ4v) is 4.12. The highest BCUT2D eigenvalue weighted by Crippen LogP contribution is 2.38. The van der Waals surface area contributed by atoms with E-state index in [1.54, 1.807) is 0 Å². The summed E-state index contributed by atoms with van der Waals surface area (Å²) < 4.78 is 16.2. The molecule has 3 aromatic rings. The number of carbonyl (C=O) groups excluding carboxylic acids is 1. The molecule has 1 N–H and O–H groups in total. The fraction of sp³-hybridized carbons (Fsp3) is 0.250. The number of aliphatic hydroxyl groups is 1. The molecule has 0 spiro atoms. The van der Waals surface area contributed by atoms with E-state index >= 15 is 0 Å². The average molecular weight is 403 g/mol. The summed E-state index contributed by atoms with van der Waals surface area (Å²) in [6.45, 7) is 0.0153. The van der Waals surface area contributed by atoms with Crippen molar-refractivity contribution in [2.24, 2.45) is 0 Å². The summed E-state index contributed by atoms with van der Waals surface area (Å²) in [6, 6.07) is 13.5. The molecule has 1 aromatic heterocycles. The van der Waals surface area contributed by atoms with Gasteiger partial charge in [-0.1, -0.05) is 24.3 Å². The predicted molar refractivity (Wildman–Crippen MR) is 112 cm³/mol. The lowest BCUT2D eigenvalue weighted by Crippen LogP contribution is -2.16. The maximum Gasteiger partial charge on any atom is 0.339 e. The molecule has 2 heterocycles. The molecule has 1 aliphatic heterocycles. The zero-order chi connectivity index (χ0) is 20.5. The van der Waals surface area contributed by atoms with Gasteiger partial charge in [0.1, 0.15) is 6.61 Å². The molecular weight excluding hydrogens is 382 g/mol. The van der Waals surface area contributed by atoms with E-state index in [9.17, 15) is 4.79 Å². The number of benzene rings is 2. The number of fused-ring (bicyclic) bond motifs is 3. The van der Waals surface area contributed by atoms with Crippen LogP contribution in [-0.4, -0.2) is 36.1 Å². The van der Waals surface area contributed by atoms with E-state index in [1.807, 2.05) is 42.5 Å². The van der Waals surface area contributed by atoms with Gasteiger partial charge in [-0.05, 0) is 60.2 Å². The Morgan fingerprint density at radius 1 is 1.13 bits per heavy atom. The molecule has 6 heteroatoms. The van der Waals surface area contributed by atoms with E-state index in [1.165, 1.54) is 0 Å². The molecule has 5 rings (SSSR count). The number of pyridine rings is 1. The van der Waals surface area contributed by atoms with Gasteiger partial charge in [-0.15, -0.1) is 0 Å².